The van der Waals surface area contributed by atoms with E-state index in [1.807, 2.05) is 12.1 Å². The number of thioether (sulfide) groups is 1. The lowest BCUT2D eigenvalue weighted by molar-refractivity contribution is -0.137. The van der Waals surface area contributed by atoms with Gasteiger partial charge in [-0.1, -0.05) is 36.1 Å². The highest BCUT2D eigenvalue weighted by Crippen LogP contribution is 2.32. The van der Waals surface area contributed by atoms with Gasteiger partial charge in [0, 0.05) is 13.0 Å². The van der Waals surface area contributed by atoms with Crippen molar-refractivity contribution in [3.05, 3.63) is 34.7 Å². The molecule has 2 rings (SSSR count). The molecule has 138 valence electrons. The third kappa shape index (κ3) is 5.57. The number of hydrogen-bond acceptors (Lipinski definition) is 6. The Morgan fingerprint density at radius 3 is 2.65 bits per heavy atom. The van der Waals surface area contributed by atoms with Crippen molar-refractivity contribution >= 4 is 52.2 Å². The lowest BCUT2D eigenvalue weighted by Gasteiger charge is -2.14. The highest BCUT2D eigenvalue weighted by atomic mass is 32.2. The average molecular weight is 394 g/mol. The summed E-state index contributed by atoms with van der Waals surface area (Å²) in [6.45, 7) is 0.0549. The van der Waals surface area contributed by atoms with E-state index in [0.717, 1.165) is 17.3 Å². The summed E-state index contributed by atoms with van der Waals surface area (Å²) in [5.41, 5.74) is 0.824. The quantitative estimate of drug-likeness (QED) is 0.395. The normalized spacial score (nSPS) is 15.4. The van der Waals surface area contributed by atoms with Crippen molar-refractivity contribution in [3.63, 3.8) is 0 Å². The Labute approximate surface area is 160 Å². The van der Waals surface area contributed by atoms with Crippen molar-refractivity contribution in [2.45, 2.75) is 12.8 Å². The number of aliphatic carboxylic acids is 1. The Balaban J connectivity index is 1.93. The number of carbonyl (C=O) groups is 3. The standard InChI is InChI=1S/C17H18N2O5S2/c1-24-12-6-4-11(5-7-12)9-13-16(23)19(17(25)26-13)10-14(20)18-8-2-3-15(21)22/h4-7,9H,2-3,8,10H2,1H3,(H,18,20)(H,21,22)/b13-9-. The number of nitrogens with zero attached hydrogens (tertiary/aromatic N) is 1. The van der Waals surface area contributed by atoms with Gasteiger partial charge in [-0.25, -0.2) is 0 Å². The van der Waals surface area contributed by atoms with E-state index in [9.17, 15) is 14.4 Å². The summed E-state index contributed by atoms with van der Waals surface area (Å²) in [4.78, 5) is 36.5. The van der Waals surface area contributed by atoms with Crippen molar-refractivity contribution in [2.24, 2.45) is 0 Å². The molecule has 0 aromatic heterocycles. The van der Waals surface area contributed by atoms with Crippen LogP contribution in [0.25, 0.3) is 6.08 Å². The van der Waals surface area contributed by atoms with Gasteiger partial charge in [0.05, 0.1) is 12.0 Å². The molecule has 0 saturated carbocycles. The first-order valence-electron chi connectivity index (χ1n) is 7.78. The summed E-state index contributed by atoms with van der Waals surface area (Å²) in [7, 11) is 1.58. The van der Waals surface area contributed by atoms with Gasteiger partial charge in [0.1, 0.15) is 16.6 Å². The van der Waals surface area contributed by atoms with Gasteiger partial charge >= 0.3 is 5.97 Å². The molecule has 1 aromatic rings. The van der Waals surface area contributed by atoms with E-state index in [1.54, 1.807) is 25.3 Å². The minimum Gasteiger partial charge on any atom is -0.497 e. The van der Waals surface area contributed by atoms with Crippen LogP contribution >= 0.6 is 24.0 Å². The number of nitrogens with one attached hydrogen (secondary N) is 1. The van der Waals surface area contributed by atoms with Gasteiger partial charge in [0.15, 0.2) is 0 Å². The van der Waals surface area contributed by atoms with Crippen molar-refractivity contribution in [2.75, 3.05) is 20.2 Å². The Hall–Kier alpha value is -2.39. The second-order valence-corrected chi connectivity index (χ2v) is 7.06. The molecule has 2 N–H and O–H groups in total. The van der Waals surface area contributed by atoms with Gasteiger partial charge in [-0.05, 0) is 30.2 Å². The number of rotatable bonds is 8. The highest BCUT2D eigenvalue weighted by Gasteiger charge is 2.33. The Bertz CT molecular complexity index is 746. The maximum Gasteiger partial charge on any atom is 0.303 e. The number of benzene rings is 1. The average Bonchev–Trinajstić information content (AvgIpc) is 2.87. The molecule has 0 spiro atoms. The molecule has 1 aliphatic rings. The van der Waals surface area contributed by atoms with E-state index in [4.69, 9.17) is 22.1 Å². The molecule has 1 saturated heterocycles. The highest BCUT2D eigenvalue weighted by molar-refractivity contribution is 8.26. The zero-order chi connectivity index (χ0) is 19.1. The van der Waals surface area contributed by atoms with Crippen LogP contribution in [0.15, 0.2) is 29.2 Å². The van der Waals surface area contributed by atoms with E-state index in [1.165, 1.54) is 4.90 Å². The molecule has 1 fully saturated rings. The van der Waals surface area contributed by atoms with Crippen molar-refractivity contribution in [1.29, 1.82) is 0 Å². The molecular weight excluding hydrogens is 376 g/mol. The zero-order valence-electron chi connectivity index (χ0n) is 14.1. The van der Waals surface area contributed by atoms with E-state index < -0.39 is 5.97 Å². The van der Waals surface area contributed by atoms with Crippen LogP contribution in [-0.4, -0.2) is 52.3 Å². The topological polar surface area (TPSA) is 95.9 Å². The van der Waals surface area contributed by atoms with E-state index in [2.05, 4.69) is 5.32 Å². The number of amides is 2. The van der Waals surface area contributed by atoms with Gasteiger partial charge in [-0.15, -0.1) is 0 Å². The molecule has 0 radical (unpaired) electrons. The molecule has 1 heterocycles. The van der Waals surface area contributed by atoms with Crippen LogP contribution in [0.3, 0.4) is 0 Å². The number of hydrogen-bond donors (Lipinski definition) is 2. The van der Waals surface area contributed by atoms with Crippen molar-refractivity contribution in [3.8, 4) is 5.75 Å². The SMILES string of the molecule is COc1ccc(/C=C2\SC(=S)N(CC(=O)NCCCC(=O)O)C2=O)cc1. The molecule has 7 nitrogen and oxygen atoms in total. The minimum absolute atomic E-state index is 0.0219. The summed E-state index contributed by atoms with van der Waals surface area (Å²) in [6, 6.07) is 7.22. The van der Waals surface area contributed by atoms with Crippen LogP contribution < -0.4 is 10.1 Å². The summed E-state index contributed by atoms with van der Waals surface area (Å²) in [5.74, 6) is -0.900. The van der Waals surface area contributed by atoms with E-state index >= 15 is 0 Å². The molecule has 0 aliphatic carbocycles. The summed E-state index contributed by atoms with van der Waals surface area (Å²) >= 11 is 6.33. The third-order valence-electron chi connectivity index (χ3n) is 3.48. The van der Waals surface area contributed by atoms with Crippen LogP contribution in [-0.2, 0) is 14.4 Å². The number of carboxylic acid groups (broad SMARTS) is 1. The molecule has 0 atom stereocenters. The molecular formula is C17H18N2O5S2. The van der Waals surface area contributed by atoms with Crippen molar-refractivity contribution in [1.82, 2.24) is 10.2 Å². The van der Waals surface area contributed by atoms with Gasteiger partial charge < -0.3 is 15.2 Å². The fourth-order valence-electron chi connectivity index (χ4n) is 2.15. The largest absolute Gasteiger partial charge is 0.497 e. The maximum absolute atomic E-state index is 12.5. The van der Waals surface area contributed by atoms with Gasteiger partial charge in [0.25, 0.3) is 5.91 Å². The smallest absolute Gasteiger partial charge is 0.303 e. The van der Waals surface area contributed by atoms with Crippen molar-refractivity contribution < 1.29 is 24.2 Å². The number of ether oxygens (including phenoxy) is 1. The first kappa shape index (κ1) is 19.9. The summed E-state index contributed by atoms with van der Waals surface area (Å²) in [5, 5.41) is 11.1. The lowest BCUT2D eigenvalue weighted by Crippen LogP contribution is -2.39. The van der Waals surface area contributed by atoms with Gasteiger partial charge in [-0.3, -0.25) is 19.3 Å². The van der Waals surface area contributed by atoms with Crippen LogP contribution in [0.1, 0.15) is 18.4 Å². The monoisotopic (exact) mass is 394 g/mol. The Morgan fingerprint density at radius 1 is 1.35 bits per heavy atom. The lowest BCUT2D eigenvalue weighted by atomic mass is 10.2. The molecule has 2 amide bonds. The maximum atomic E-state index is 12.5. The van der Waals surface area contributed by atoms with Gasteiger partial charge in [0.2, 0.25) is 5.91 Å². The first-order valence-corrected chi connectivity index (χ1v) is 9.01. The second-order valence-electron chi connectivity index (χ2n) is 5.39. The number of thiocarbonyl (C=S) groups is 1. The molecule has 26 heavy (non-hydrogen) atoms. The van der Waals surface area contributed by atoms with Gasteiger partial charge in [-0.2, -0.15) is 0 Å². The predicted molar refractivity (Wildman–Crippen MR) is 103 cm³/mol. The first-order chi connectivity index (χ1) is 12.4. The number of methoxy groups -OCH3 is 1. The Kier molecular flexibility index (Phi) is 7.16. The molecule has 0 unspecified atom stereocenters. The Morgan fingerprint density at radius 2 is 2.04 bits per heavy atom. The zero-order valence-corrected chi connectivity index (χ0v) is 15.7. The van der Waals surface area contributed by atoms with Crippen LogP contribution in [0, 0.1) is 0 Å². The predicted octanol–water partition coefficient (Wildman–Crippen LogP) is 1.88. The molecule has 1 aromatic carbocycles. The molecule has 9 heteroatoms. The number of carboxylic acids is 1. The van der Waals surface area contributed by atoms with E-state index in [0.29, 0.717) is 21.4 Å². The fourth-order valence-corrected chi connectivity index (χ4v) is 3.41. The fraction of sp³-hybridized carbons (Fsp3) is 0.294. The van der Waals surface area contributed by atoms with E-state index in [-0.39, 0.29) is 31.3 Å². The third-order valence-corrected chi connectivity index (χ3v) is 4.86. The summed E-state index contributed by atoms with van der Waals surface area (Å²) < 4.78 is 5.41. The minimum atomic E-state index is -0.917. The van der Waals surface area contributed by atoms with Crippen LogP contribution in [0.5, 0.6) is 5.75 Å². The van der Waals surface area contributed by atoms with Crippen LogP contribution in [0.2, 0.25) is 0 Å². The summed E-state index contributed by atoms with van der Waals surface area (Å²) in [6.07, 6.45) is 2.02. The van der Waals surface area contributed by atoms with Crippen LogP contribution in [0.4, 0.5) is 0 Å². The number of carbonyl (C=O) groups excluding carboxylic acids is 2. The second kappa shape index (κ2) is 9.35. The molecule has 1 aliphatic heterocycles. The molecule has 0 bridgehead atoms.